The second-order valence-electron chi connectivity index (χ2n) is 4.86. The Balaban J connectivity index is 2.67. The van der Waals surface area contributed by atoms with Crippen LogP contribution in [0.2, 0.25) is 0 Å². The molecule has 98 valence electrons. The quantitative estimate of drug-likeness (QED) is 0.791. The Bertz CT molecular complexity index is 300. The number of rotatable bonds is 5. The van der Waals surface area contributed by atoms with E-state index in [0.29, 0.717) is 0 Å². The average molecular weight is 259 g/mol. The second kappa shape index (κ2) is 5.76. The maximum absolute atomic E-state index is 12.1. The van der Waals surface area contributed by atoms with Crippen molar-refractivity contribution in [3.05, 3.63) is 0 Å². The molecule has 17 heavy (non-hydrogen) atoms. The molecule has 0 radical (unpaired) electrons. The number of hydrogen-bond donors (Lipinski definition) is 2. The van der Waals surface area contributed by atoms with E-state index in [-0.39, 0.29) is 11.8 Å². The Morgan fingerprint density at radius 1 is 1.53 bits per heavy atom. The molecule has 1 aliphatic heterocycles. The van der Waals surface area contributed by atoms with Crippen LogP contribution >= 0.6 is 11.8 Å². The fourth-order valence-corrected chi connectivity index (χ4v) is 3.15. The number of aliphatic carboxylic acids is 1. The average Bonchev–Trinajstić information content (AvgIpc) is 2.72. The zero-order chi connectivity index (χ0) is 13.1. The Labute approximate surface area is 107 Å². The summed E-state index contributed by atoms with van der Waals surface area (Å²) in [5.41, 5.74) is 0. The van der Waals surface area contributed by atoms with Crippen LogP contribution in [0.3, 0.4) is 0 Å². The fourth-order valence-electron chi connectivity index (χ4n) is 1.94. The molecule has 1 fully saturated rings. The van der Waals surface area contributed by atoms with Gasteiger partial charge in [0.1, 0.15) is 6.04 Å². The van der Waals surface area contributed by atoms with Gasteiger partial charge in [0.25, 0.3) is 0 Å². The van der Waals surface area contributed by atoms with Crippen LogP contribution in [0, 0.1) is 5.92 Å². The Kier molecular flexibility index (Phi) is 4.86. The molecule has 3 atom stereocenters. The van der Waals surface area contributed by atoms with Gasteiger partial charge in [0.2, 0.25) is 5.91 Å². The van der Waals surface area contributed by atoms with Crippen molar-refractivity contribution in [3.8, 4) is 0 Å². The van der Waals surface area contributed by atoms with E-state index in [9.17, 15) is 9.59 Å². The molecule has 2 unspecified atom stereocenters. The highest BCUT2D eigenvalue weighted by molar-refractivity contribution is 8.01. The van der Waals surface area contributed by atoms with Gasteiger partial charge < -0.3 is 10.4 Å². The van der Waals surface area contributed by atoms with Crippen molar-refractivity contribution in [2.75, 3.05) is 5.75 Å². The third-order valence-electron chi connectivity index (χ3n) is 3.46. The van der Waals surface area contributed by atoms with E-state index in [1.54, 1.807) is 11.8 Å². The maximum atomic E-state index is 12.1. The summed E-state index contributed by atoms with van der Waals surface area (Å²) in [4.78, 5) is 23.2. The number of carboxylic acid groups (broad SMARTS) is 1. The molecule has 0 aliphatic carbocycles. The number of carboxylic acids is 1. The predicted molar refractivity (Wildman–Crippen MR) is 69.1 cm³/mol. The molecule has 0 spiro atoms. The first-order chi connectivity index (χ1) is 7.90. The first-order valence-electron chi connectivity index (χ1n) is 6.08. The van der Waals surface area contributed by atoms with Crippen LogP contribution in [0.15, 0.2) is 0 Å². The normalized spacial score (nSPS) is 27.5. The van der Waals surface area contributed by atoms with Gasteiger partial charge in [-0.2, -0.15) is 0 Å². The van der Waals surface area contributed by atoms with E-state index in [1.165, 1.54) is 0 Å². The lowest BCUT2D eigenvalue weighted by molar-refractivity contribution is -0.143. The Hall–Kier alpha value is -0.710. The van der Waals surface area contributed by atoms with Gasteiger partial charge in [-0.15, -0.1) is 11.8 Å². The molecule has 2 N–H and O–H groups in total. The van der Waals surface area contributed by atoms with Crippen molar-refractivity contribution in [2.24, 2.45) is 5.92 Å². The minimum Gasteiger partial charge on any atom is -0.480 e. The first-order valence-corrected chi connectivity index (χ1v) is 7.07. The Morgan fingerprint density at radius 3 is 2.59 bits per heavy atom. The number of nitrogens with one attached hydrogen (secondary N) is 1. The molecule has 0 bridgehead atoms. The topological polar surface area (TPSA) is 66.4 Å². The molecule has 0 saturated carbocycles. The number of thioether (sulfide) groups is 1. The van der Waals surface area contributed by atoms with Gasteiger partial charge in [-0.25, -0.2) is 4.79 Å². The van der Waals surface area contributed by atoms with Gasteiger partial charge in [0.15, 0.2) is 0 Å². The van der Waals surface area contributed by atoms with Gasteiger partial charge in [0, 0.05) is 0 Å². The molecule has 1 amide bonds. The molecule has 0 aromatic heterocycles. The molecule has 1 aliphatic rings. The lowest BCUT2D eigenvalue weighted by Gasteiger charge is -2.26. The highest BCUT2D eigenvalue weighted by atomic mass is 32.2. The van der Waals surface area contributed by atoms with Gasteiger partial charge >= 0.3 is 5.97 Å². The zero-order valence-corrected chi connectivity index (χ0v) is 11.5. The highest BCUT2D eigenvalue weighted by Gasteiger charge is 2.39. The van der Waals surface area contributed by atoms with Crippen LogP contribution in [0.5, 0.6) is 0 Å². The first kappa shape index (κ1) is 14.4. The number of amides is 1. The summed E-state index contributed by atoms with van der Waals surface area (Å²) in [5.74, 6) is -0.149. The minimum absolute atomic E-state index is 0.0496. The van der Waals surface area contributed by atoms with Crippen molar-refractivity contribution in [1.82, 2.24) is 5.32 Å². The predicted octanol–water partition coefficient (Wildman–Crippen LogP) is 1.89. The standard InChI is InChI=1S/C12H21NO3S/c1-4-8(2)9(10(14)15)13-11(16)12(3)6-5-7-17-12/h8-9H,4-7H2,1-3H3,(H,13,16)(H,14,15)/t8?,9-,12?/m0/s1. The van der Waals surface area contributed by atoms with Crippen molar-refractivity contribution >= 4 is 23.6 Å². The van der Waals surface area contributed by atoms with E-state index in [2.05, 4.69) is 5.32 Å². The van der Waals surface area contributed by atoms with Crippen molar-refractivity contribution < 1.29 is 14.7 Å². The Morgan fingerprint density at radius 2 is 2.18 bits per heavy atom. The number of hydrogen-bond acceptors (Lipinski definition) is 3. The summed E-state index contributed by atoms with van der Waals surface area (Å²) in [5, 5.41) is 11.8. The van der Waals surface area contributed by atoms with Crippen molar-refractivity contribution in [3.63, 3.8) is 0 Å². The van der Waals surface area contributed by atoms with Crippen LogP contribution in [-0.2, 0) is 9.59 Å². The summed E-state index contributed by atoms with van der Waals surface area (Å²) in [7, 11) is 0. The van der Waals surface area contributed by atoms with Crippen LogP contribution in [-0.4, -0.2) is 33.5 Å². The smallest absolute Gasteiger partial charge is 0.326 e. The second-order valence-corrected chi connectivity index (χ2v) is 6.46. The zero-order valence-electron chi connectivity index (χ0n) is 10.7. The van der Waals surface area contributed by atoms with E-state index >= 15 is 0 Å². The molecular weight excluding hydrogens is 238 g/mol. The third-order valence-corrected chi connectivity index (χ3v) is 4.98. The summed E-state index contributed by atoms with van der Waals surface area (Å²) in [6.07, 6.45) is 2.59. The van der Waals surface area contributed by atoms with E-state index in [4.69, 9.17) is 5.11 Å². The molecule has 1 saturated heterocycles. The fraction of sp³-hybridized carbons (Fsp3) is 0.833. The lowest BCUT2D eigenvalue weighted by Crippen LogP contribution is -2.51. The van der Waals surface area contributed by atoms with E-state index < -0.39 is 16.8 Å². The molecule has 5 heteroatoms. The van der Waals surface area contributed by atoms with Gasteiger partial charge in [-0.1, -0.05) is 20.3 Å². The molecule has 1 rings (SSSR count). The van der Waals surface area contributed by atoms with Crippen LogP contribution in [0.4, 0.5) is 0 Å². The summed E-state index contributed by atoms with van der Waals surface area (Å²) >= 11 is 1.62. The van der Waals surface area contributed by atoms with Gasteiger partial charge in [-0.3, -0.25) is 4.79 Å². The molecule has 4 nitrogen and oxygen atoms in total. The highest BCUT2D eigenvalue weighted by Crippen LogP contribution is 2.38. The molecular formula is C12H21NO3S. The van der Waals surface area contributed by atoms with Gasteiger partial charge in [-0.05, 0) is 31.4 Å². The lowest BCUT2D eigenvalue weighted by atomic mass is 9.97. The summed E-state index contributed by atoms with van der Waals surface area (Å²) < 4.78 is -0.443. The maximum Gasteiger partial charge on any atom is 0.326 e. The van der Waals surface area contributed by atoms with Crippen LogP contribution in [0.1, 0.15) is 40.0 Å². The summed E-state index contributed by atoms with van der Waals surface area (Å²) in [6, 6.07) is -0.773. The van der Waals surface area contributed by atoms with Crippen LogP contribution in [0.25, 0.3) is 0 Å². The van der Waals surface area contributed by atoms with Crippen molar-refractivity contribution in [2.45, 2.75) is 50.8 Å². The number of carbonyl (C=O) groups excluding carboxylic acids is 1. The van der Waals surface area contributed by atoms with Crippen LogP contribution < -0.4 is 5.32 Å². The third kappa shape index (κ3) is 3.37. The largest absolute Gasteiger partial charge is 0.480 e. The molecule has 1 heterocycles. The van der Waals surface area contributed by atoms with E-state index in [1.807, 2.05) is 20.8 Å². The minimum atomic E-state index is -0.945. The summed E-state index contributed by atoms with van der Waals surface area (Å²) in [6.45, 7) is 5.68. The number of carbonyl (C=O) groups is 2. The van der Waals surface area contributed by atoms with E-state index in [0.717, 1.165) is 25.0 Å². The SMILES string of the molecule is CCC(C)[C@H](NC(=O)C1(C)CCCS1)C(=O)O. The van der Waals surface area contributed by atoms with Gasteiger partial charge in [0.05, 0.1) is 4.75 Å². The molecule has 0 aromatic carbocycles. The molecule has 0 aromatic rings. The van der Waals surface area contributed by atoms with Crippen molar-refractivity contribution in [1.29, 1.82) is 0 Å². The monoisotopic (exact) mass is 259 g/mol.